The second kappa shape index (κ2) is 6.38. The van der Waals surface area contributed by atoms with Crippen LogP contribution in [0.2, 0.25) is 0 Å². The van der Waals surface area contributed by atoms with Crippen LogP contribution in [0.3, 0.4) is 0 Å². The zero-order valence-electron chi connectivity index (χ0n) is 13.1. The van der Waals surface area contributed by atoms with Gasteiger partial charge in [-0.05, 0) is 57.5 Å². The summed E-state index contributed by atoms with van der Waals surface area (Å²) in [5, 5.41) is 10.6. The van der Waals surface area contributed by atoms with E-state index in [-0.39, 0.29) is 11.6 Å². The normalized spacial score (nSPS) is 23.7. The Morgan fingerprint density at radius 1 is 1.06 bits per heavy atom. The maximum absolute atomic E-state index is 10.6. The largest absolute Gasteiger partial charge is 0.391 e. The molecule has 108 valence electrons. The predicted octanol–water partition coefficient (Wildman–Crippen LogP) is 3.83. The van der Waals surface area contributed by atoms with Crippen molar-refractivity contribution in [1.29, 1.82) is 0 Å². The number of hydrogen-bond donors (Lipinski definition) is 1. The molecule has 0 saturated carbocycles. The maximum atomic E-state index is 10.6. The van der Waals surface area contributed by atoms with Crippen LogP contribution in [-0.2, 0) is 0 Å². The maximum Gasteiger partial charge on any atom is 0.0721 e. The van der Waals surface area contributed by atoms with Crippen LogP contribution in [0.5, 0.6) is 0 Å². The zero-order valence-corrected chi connectivity index (χ0v) is 13.1. The summed E-state index contributed by atoms with van der Waals surface area (Å²) in [6.07, 6.45) is 6.80. The lowest BCUT2D eigenvalue weighted by Gasteiger charge is -2.46. The van der Waals surface area contributed by atoms with Gasteiger partial charge in [0.1, 0.15) is 0 Å². The summed E-state index contributed by atoms with van der Waals surface area (Å²) in [5.74, 6) is 0. The van der Waals surface area contributed by atoms with Gasteiger partial charge in [-0.15, -0.1) is 0 Å². The molecule has 0 aromatic rings. The van der Waals surface area contributed by atoms with E-state index in [2.05, 4.69) is 39.5 Å². The van der Waals surface area contributed by atoms with E-state index in [9.17, 15) is 5.11 Å². The number of piperidine rings is 1. The highest BCUT2D eigenvalue weighted by molar-refractivity contribution is 4.93. The highest BCUT2D eigenvalue weighted by atomic mass is 16.3. The molecule has 1 heterocycles. The van der Waals surface area contributed by atoms with Crippen molar-refractivity contribution in [3.63, 3.8) is 0 Å². The first kappa shape index (κ1) is 16.0. The van der Waals surface area contributed by atoms with Crippen LogP contribution in [0.4, 0.5) is 0 Å². The first-order chi connectivity index (χ1) is 8.29. The number of nitrogens with zero attached hydrogens (tertiary/aromatic N) is 1. The highest BCUT2D eigenvalue weighted by Gasteiger charge is 2.37. The van der Waals surface area contributed by atoms with Crippen LogP contribution in [0.15, 0.2) is 0 Å². The average molecular weight is 255 g/mol. The molecule has 1 fully saturated rings. The van der Waals surface area contributed by atoms with Gasteiger partial charge in [0, 0.05) is 5.54 Å². The number of rotatable bonds is 5. The smallest absolute Gasteiger partial charge is 0.0721 e. The average Bonchev–Trinajstić information content (AvgIpc) is 2.35. The van der Waals surface area contributed by atoms with Gasteiger partial charge in [-0.25, -0.2) is 0 Å². The molecular formula is C16H33NO. The molecule has 1 N–H and O–H groups in total. The minimum Gasteiger partial charge on any atom is -0.391 e. The minimum atomic E-state index is -0.195. The summed E-state index contributed by atoms with van der Waals surface area (Å²) < 4.78 is 0. The number of aliphatic hydroxyl groups is 1. The molecule has 18 heavy (non-hydrogen) atoms. The monoisotopic (exact) mass is 255 g/mol. The lowest BCUT2D eigenvalue weighted by atomic mass is 9.81. The number of hydrogen-bond acceptors (Lipinski definition) is 2. The van der Waals surface area contributed by atoms with Crippen molar-refractivity contribution in [2.24, 2.45) is 5.41 Å². The van der Waals surface area contributed by atoms with E-state index in [0.717, 1.165) is 32.4 Å². The molecule has 2 nitrogen and oxygen atoms in total. The van der Waals surface area contributed by atoms with E-state index in [4.69, 9.17) is 0 Å². The first-order valence-corrected chi connectivity index (χ1v) is 7.73. The Kier molecular flexibility index (Phi) is 5.67. The second-order valence-electron chi connectivity index (χ2n) is 7.37. The molecule has 0 amide bonds. The summed E-state index contributed by atoms with van der Waals surface area (Å²) in [6, 6.07) is 0. The third kappa shape index (κ3) is 4.24. The van der Waals surface area contributed by atoms with Crippen LogP contribution >= 0.6 is 0 Å². The van der Waals surface area contributed by atoms with Crippen molar-refractivity contribution in [2.75, 3.05) is 13.1 Å². The molecule has 0 radical (unpaired) electrons. The van der Waals surface area contributed by atoms with Gasteiger partial charge in [-0.2, -0.15) is 0 Å². The number of likely N-dealkylation sites (tertiary alicyclic amines) is 1. The Morgan fingerprint density at radius 3 is 2.06 bits per heavy atom. The van der Waals surface area contributed by atoms with E-state index < -0.39 is 0 Å². The Labute approximate surface area is 114 Å². The van der Waals surface area contributed by atoms with Crippen LogP contribution in [0.1, 0.15) is 73.1 Å². The predicted molar refractivity (Wildman–Crippen MR) is 78.8 cm³/mol. The quantitative estimate of drug-likeness (QED) is 0.807. The Balaban J connectivity index is 2.61. The van der Waals surface area contributed by atoms with Crippen LogP contribution in [0.25, 0.3) is 0 Å². The molecule has 2 atom stereocenters. The summed E-state index contributed by atoms with van der Waals surface area (Å²) in [7, 11) is 0. The highest BCUT2D eigenvalue weighted by Crippen LogP contribution is 2.32. The Morgan fingerprint density at radius 2 is 1.61 bits per heavy atom. The Hall–Kier alpha value is -0.0800. The van der Waals surface area contributed by atoms with Gasteiger partial charge in [0.15, 0.2) is 0 Å². The van der Waals surface area contributed by atoms with Crippen LogP contribution in [0, 0.1) is 5.41 Å². The summed E-state index contributed by atoms with van der Waals surface area (Å²) in [5.41, 5.74) is 0.295. The molecule has 1 aliphatic rings. The topological polar surface area (TPSA) is 23.5 Å². The summed E-state index contributed by atoms with van der Waals surface area (Å²) in [6.45, 7) is 13.6. The standard InChI is InChI=1S/C16H33NO/c1-6-16(5,17-12-8-7-9-13-17)14(18)10-11-15(2,3)4/h14,18H,6-13H2,1-5H3. The molecule has 1 saturated heterocycles. The van der Waals surface area contributed by atoms with E-state index in [1.165, 1.54) is 19.3 Å². The molecule has 0 spiro atoms. The summed E-state index contributed by atoms with van der Waals surface area (Å²) in [4.78, 5) is 2.53. The molecule has 2 unspecified atom stereocenters. The molecule has 0 aromatic carbocycles. The fraction of sp³-hybridized carbons (Fsp3) is 1.00. The SMILES string of the molecule is CCC(C)(C(O)CCC(C)(C)C)N1CCCCC1. The minimum absolute atomic E-state index is 0.0222. The molecular weight excluding hydrogens is 222 g/mol. The van der Waals surface area contributed by atoms with Crippen LogP contribution < -0.4 is 0 Å². The fourth-order valence-electron chi connectivity index (χ4n) is 2.96. The third-order valence-corrected chi connectivity index (χ3v) is 4.68. The van der Waals surface area contributed by atoms with Crippen molar-refractivity contribution in [1.82, 2.24) is 4.90 Å². The van der Waals surface area contributed by atoms with Crippen molar-refractivity contribution < 1.29 is 5.11 Å². The number of aliphatic hydroxyl groups excluding tert-OH is 1. The second-order valence-corrected chi connectivity index (χ2v) is 7.37. The summed E-state index contributed by atoms with van der Waals surface area (Å²) >= 11 is 0. The first-order valence-electron chi connectivity index (χ1n) is 7.73. The molecule has 2 heteroatoms. The van der Waals surface area contributed by atoms with Gasteiger partial charge in [0.05, 0.1) is 6.10 Å². The third-order valence-electron chi connectivity index (χ3n) is 4.68. The van der Waals surface area contributed by atoms with Crippen molar-refractivity contribution in [3.05, 3.63) is 0 Å². The lowest BCUT2D eigenvalue weighted by Crippen LogP contribution is -2.56. The lowest BCUT2D eigenvalue weighted by molar-refractivity contribution is -0.0409. The van der Waals surface area contributed by atoms with E-state index in [0.29, 0.717) is 5.41 Å². The van der Waals surface area contributed by atoms with Gasteiger partial charge in [0.2, 0.25) is 0 Å². The molecule has 0 aromatic heterocycles. The van der Waals surface area contributed by atoms with Crippen molar-refractivity contribution in [3.8, 4) is 0 Å². The zero-order chi connectivity index (χ0) is 13.8. The van der Waals surface area contributed by atoms with Gasteiger partial charge in [0.25, 0.3) is 0 Å². The molecule has 1 rings (SSSR count). The van der Waals surface area contributed by atoms with Gasteiger partial charge < -0.3 is 5.11 Å². The van der Waals surface area contributed by atoms with Crippen LogP contribution in [-0.4, -0.2) is 34.7 Å². The molecule has 0 bridgehead atoms. The van der Waals surface area contributed by atoms with E-state index >= 15 is 0 Å². The Bertz CT molecular complexity index is 240. The van der Waals surface area contributed by atoms with Gasteiger partial charge >= 0.3 is 0 Å². The van der Waals surface area contributed by atoms with E-state index in [1.807, 2.05) is 0 Å². The van der Waals surface area contributed by atoms with E-state index in [1.54, 1.807) is 0 Å². The fourth-order valence-corrected chi connectivity index (χ4v) is 2.96. The van der Waals surface area contributed by atoms with Crippen molar-refractivity contribution >= 4 is 0 Å². The van der Waals surface area contributed by atoms with Crippen molar-refractivity contribution in [2.45, 2.75) is 84.8 Å². The van der Waals surface area contributed by atoms with Gasteiger partial charge in [-0.1, -0.05) is 34.1 Å². The molecule has 1 aliphatic heterocycles. The molecule has 0 aliphatic carbocycles. The van der Waals surface area contributed by atoms with Gasteiger partial charge in [-0.3, -0.25) is 4.90 Å².